The zero-order valence-corrected chi connectivity index (χ0v) is 10.3. The molecule has 1 aliphatic rings. The average molecular weight is 251 g/mol. The first kappa shape index (κ1) is 12.4. The first-order valence-electron chi connectivity index (χ1n) is 5.77. The van der Waals surface area contributed by atoms with E-state index in [0.29, 0.717) is 25.3 Å². The molecule has 1 aromatic rings. The Morgan fingerprint density at radius 1 is 1.56 bits per heavy atom. The normalized spacial score (nSPS) is 23.3. The Balaban J connectivity index is 1.98. The number of carbonyl (C=O) groups is 2. The third-order valence-electron chi connectivity index (χ3n) is 3.38. The maximum absolute atomic E-state index is 12.0. The summed E-state index contributed by atoms with van der Waals surface area (Å²) in [4.78, 5) is 25.0. The van der Waals surface area contributed by atoms with Crippen LogP contribution in [0.15, 0.2) is 12.3 Å². The van der Waals surface area contributed by atoms with Crippen LogP contribution in [0.5, 0.6) is 0 Å². The first-order chi connectivity index (χ1) is 8.40. The van der Waals surface area contributed by atoms with Crippen molar-refractivity contribution < 1.29 is 9.59 Å². The fraction of sp³-hybridized carbons (Fsp3) is 0.545. The van der Waals surface area contributed by atoms with Gasteiger partial charge < -0.3 is 16.4 Å². The predicted octanol–water partition coefficient (Wildman–Crippen LogP) is -0.811. The van der Waals surface area contributed by atoms with Gasteiger partial charge >= 0.3 is 0 Å². The highest BCUT2D eigenvalue weighted by Gasteiger charge is 2.40. The minimum Gasteiger partial charge on any atom is -0.382 e. The van der Waals surface area contributed by atoms with E-state index < -0.39 is 5.41 Å². The third kappa shape index (κ3) is 2.29. The first-order valence-corrected chi connectivity index (χ1v) is 5.77. The standard InChI is InChI=1S/C11H17N5O2/c1-11(10(13)18)3-5-15(7-11)9(17)6-16-4-2-8(12)14-16/h2,4H,3,5-7H2,1H3,(H2,12,14)(H2,13,18). The number of carbonyl (C=O) groups excluding carboxylic acids is 2. The molecule has 0 aromatic carbocycles. The molecule has 4 N–H and O–H groups in total. The van der Waals surface area contributed by atoms with Crippen molar-refractivity contribution in [2.24, 2.45) is 11.1 Å². The van der Waals surface area contributed by atoms with Crippen molar-refractivity contribution in [1.29, 1.82) is 0 Å². The van der Waals surface area contributed by atoms with Crippen molar-refractivity contribution in [2.75, 3.05) is 18.8 Å². The van der Waals surface area contributed by atoms with Crippen molar-refractivity contribution >= 4 is 17.6 Å². The number of amides is 2. The van der Waals surface area contributed by atoms with Crippen molar-refractivity contribution in [3.63, 3.8) is 0 Å². The minimum absolute atomic E-state index is 0.0805. The van der Waals surface area contributed by atoms with Crippen molar-refractivity contribution in [3.05, 3.63) is 12.3 Å². The zero-order chi connectivity index (χ0) is 13.3. The SMILES string of the molecule is CC1(C(N)=O)CCN(C(=O)Cn2ccc(N)n2)C1. The van der Waals surface area contributed by atoms with Gasteiger partial charge in [0.25, 0.3) is 0 Å². The van der Waals surface area contributed by atoms with Gasteiger partial charge in [0.05, 0.1) is 5.41 Å². The Hall–Kier alpha value is -2.05. The Morgan fingerprint density at radius 2 is 2.28 bits per heavy atom. The summed E-state index contributed by atoms with van der Waals surface area (Å²) in [6, 6.07) is 1.63. The molecule has 1 aromatic heterocycles. The second-order valence-electron chi connectivity index (χ2n) is 4.93. The lowest BCUT2D eigenvalue weighted by Crippen LogP contribution is -2.39. The average Bonchev–Trinajstić information content (AvgIpc) is 2.86. The number of likely N-dealkylation sites (tertiary alicyclic amines) is 1. The van der Waals surface area contributed by atoms with Crippen LogP contribution in [0.4, 0.5) is 5.82 Å². The molecule has 1 unspecified atom stereocenters. The number of primary amides is 1. The van der Waals surface area contributed by atoms with Gasteiger partial charge in [-0.15, -0.1) is 0 Å². The summed E-state index contributed by atoms with van der Waals surface area (Å²) in [7, 11) is 0. The van der Waals surface area contributed by atoms with E-state index in [0.717, 1.165) is 0 Å². The van der Waals surface area contributed by atoms with Gasteiger partial charge in [0.15, 0.2) is 0 Å². The summed E-state index contributed by atoms with van der Waals surface area (Å²) in [5.74, 6) is -0.0598. The number of anilines is 1. The molecule has 18 heavy (non-hydrogen) atoms. The maximum atomic E-state index is 12.0. The van der Waals surface area contributed by atoms with Crippen LogP contribution >= 0.6 is 0 Å². The molecular weight excluding hydrogens is 234 g/mol. The van der Waals surface area contributed by atoms with Gasteiger partial charge in [0.1, 0.15) is 12.4 Å². The molecule has 7 heteroatoms. The molecule has 0 aliphatic carbocycles. The lowest BCUT2D eigenvalue weighted by molar-refractivity contribution is -0.132. The van der Waals surface area contributed by atoms with Crippen LogP contribution in [0.3, 0.4) is 0 Å². The molecule has 1 fully saturated rings. The largest absolute Gasteiger partial charge is 0.382 e. The minimum atomic E-state index is -0.612. The van der Waals surface area contributed by atoms with Crippen LogP contribution in [0.25, 0.3) is 0 Å². The van der Waals surface area contributed by atoms with Gasteiger partial charge in [-0.25, -0.2) is 0 Å². The van der Waals surface area contributed by atoms with Gasteiger partial charge in [0, 0.05) is 19.3 Å². The molecule has 2 heterocycles. The lowest BCUT2D eigenvalue weighted by atomic mass is 9.89. The molecule has 0 bridgehead atoms. The lowest BCUT2D eigenvalue weighted by Gasteiger charge is -2.21. The summed E-state index contributed by atoms with van der Waals surface area (Å²) in [5.41, 5.74) is 10.2. The number of nitrogens with zero attached hydrogens (tertiary/aromatic N) is 3. The molecular formula is C11H17N5O2. The van der Waals surface area contributed by atoms with Gasteiger partial charge in [-0.2, -0.15) is 5.10 Å². The number of hydrogen-bond acceptors (Lipinski definition) is 4. The van der Waals surface area contributed by atoms with Gasteiger partial charge in [0.2, 0.25) is 11.8 Å². The fourth-order valence-corrected chi connectivity index (χ4v) is 2.08. The van der Waals surface area contributed by atoms with E-state index in [1.54, 1.807) is 24.1 Å². The Bertz CT molecular complexity index is 484. The highest BCUT2D eigenvalue weighted by molar-refractivity contribution is 5.83. The van der Waals surface area contributed by atoms with E-state index in [9.17, 15) is 9.59 Å². The molecule has 1 saturated heterocycles. The van der Waals surface area contributed by atoms with Gasteiger partial charge in [-0.1, -0.05) is 0 Å². The van der Waals surface area contributed by atoms with Crippen LogP contribution in [-0.4, -0.2) is 39.6 Å². The van der Waals surface area contributed by atoms with Crippen molar-refractivity contribution in [3.8, 4) is 0 Å². The number of hydrogen-bond donors (Lipinski definition) is 2. The molecule has 0 saturated carbocycles. The number of rotatable bonds is 3. The molecule has 0 spiro atoms. The van der Waals surface area contributed by atoms with E-state index >= 15 is 0 Å². The Labute approximate surface area is 105 Å². The highest BCUT2D eigenvalue weighted by Crippen LogP contribution is 2.29. The molecule has 98 valence electrons. The van der Waals surface area contributed by atoms with Crippen LogP contribution in [0.1, 0.15) is 13.3 Å². The number of aromatic nitrogens is 2. The van der Waals surface area contributed by atoms with Crippen molar-refractivity contribution in [1.82, 2.24) is 14.7 Å². The van der Waals surface area contributed by atoms with E-state index in [1.807, 2.05) is 0 Å². The number of nitrogen functional groups attached to an aromatic ring is 1. The van der Waals surface area contributed by atoms with Crippen LogP contribution in [-0.2, 0) is 16.1 Å². The Morgan fingerprint density at radius 3 is 2.78 bits per heavy atom. The molecule has 7 nitrogen and oxygen atoms in total. The van der Waals surface area contributed by atoms with Crippen LogP contribution < -0.4 is 11.5 Å². The molecule has 2 rings (SSSR count). The monoisotopic (exact) mass is 251 g/mol. The van der Waals surface area contributed by atoms with E-state index in [4.69, 9.17) is 11.5 Å². The van der Waals surface area contributed by atoms with E-state index in [1.165, 1.54) is 4.68 Å². The molecule has 1 aliphatic heterocycles. The molecule has 0 radical (unpaired) electrons. The fourth-order valence-electron chi connectivity index (χ4n) is 2.08. The second-order valence-corrected chi connectivity index (χ2v) is 4.93. The third-order valence-corrected chi connectivity index (χ3v) is 3.38. The summed E-state index contributed by atoms with van der Waals surface area (Å²) in [6.07, 6.45) is 2.26. The topological polar surface area (TPSA) is 107 Å². The van der Waals surface area contributed by atoms with Gasteiger partial charge in [-0.05, 0) is 19.4 Å². The molecule has 2 amide bonds. The highest BCUT2D eigenvalue weighted by atomic mass is 16.2. The maximum Gasteiger partial charge on any atom is 0.244 e. The van der Waals surface area contributed by atoms with E-state index in [-0.39, 0.29) is 18.4 Å². The Kier molecular flexibility index (Phi) is 2.98. The summed E-state index contributed by atoms with van der Waals surface area (Å²) < 4.78 is 1.48. The van der Waals surface area contributed by atoms with Crippen molar-refractivity contribution in [2.45, 2.75) is 19.9 Å². The summed E-state index contributed by atoms with van der Waals surface area (Å²) in [6.45, 7) is 2.84. The van der Waals surface area contributed by atoms with Gasteiger partial charge in [-0.3, -0.25) is 14.3 Å². The smallest absolute Gasteiger partial charge is 0.244 e. The number of nitrogens with two attached hydrogens (primary N) is 2. The second kappa shape index (κ2) is 4.32. The predicted molar refractivity (Wildman–Crippen MR) is 65.1 cm³/mol. The van der Waals surface area contributed by atoms with Crippen LogP contribution in [0.2, 0.25) is 0 Å². The quantitative estimate of drug-likeness (QED) is 0.732. The zero-order valence-electron chi connectivity index (χ0n) is 10.3. The van der Waals surface area contributed by atoms with Crippen LogP contribution in [0, 0.1) is 5.41 Å². The molecule has 1 atom stereocenters. The summed E-state index contributed by atoms with van der Waals surface area (Å²) in [5, 5.41) is 3.95. The van der Waals surface area contributed by atoms with E-state index in [2.05, 4.69) is 5.10 Å². The summed E-state index contributed by atoms with van der Waals surface area (Å²) >= 11 is 0.